The van der Waals surface area contributed by atoms with Crippen LogP contribution in [0.25, 0.3) is 0 Å². The number of amides is 1. The van der Waals surface area contributed by atoms with E-state index in [4.69, 9.17) is 5.26 Å². The Morgan fingerprint density at radius 3 is 2.95 bits per heavy atom. The van der Waals surface area contributed by atoms with Crippen molar-refractivity contribution in [1.29, 1.82) is 5.26 Å². The molecular formula is C15H17N3O. The molecule has 1 N–H and O–H groups in total. The van der Waals surface area contributed by atoms with E-state index in [2.05, 4.69) is 17.5 Å². The van der Waals surface area contributed by atoms with E-state index in [-0.39, 0.29) is 11.3 Å². The van der Waals surface area contributed by atoms with Crippen molar-refractivity contribution in [1.82, 2.24) is 5.32 Å². The van der Waals surface area contributed by atoms with Gasteiger partial charge >= 0.3 is 0 Å². The fraction of sp³-hybridized carbons (Fsp3) is 0.467. The van der Waals surface area contributed by atoms with E-state index < -0.39 is 0 Å². The third kappa shape index (κ3) is 2.22. The van der Waals surface area contributed by atoms with E-state index >= 15 is 0 Å². The summed E-state index contributed by atoms with van der Waals surface area (Å²) < 4.78 is 0. The molecule has 0 spiro atoms. The highest BCUT2D eigenvalue weighted by Crippen LogP contribution is 2.44. The molecule has 0 bridgehead atoms. The average Bonchev–Trinajstić information content (AvgIpc) is 3.13. The molecule has 4 heteroatoms. The van der Waals surface area contributed by atoms with Gasteiger partial charge in [0.25, 0.3) is 0 Å². The molecule has 98 valence electrons. The van der Waals surface area contributed by atoms with Crippen molar-refractivity contribution in [3.05, 3.63) is 29.3 Å². The Morgan fingerprint density at radius 2 is 2.26 bits per heavy atom. The van der Waals surface area contributed by atoms with Crippen molar-refractivity contribution in [3.63, 3.8) is 0 Å². The van der Waals surface area contributed by atoms with Gasteiger partial charge in [0.2, 0.25) is 5.91 Å². The van der Waals surface area contributed by atoms with Crippen LogP contribution in [0.1, 0.15) is 24.0 Å². The van der Waals surface area contributed by atoms with Gasteiger partial charge in [0.15, 0.2) is 0 Å². The van der Waals surface area contributed by atoms with Crippen LogP contribution in [0.2, 0.25) is 0 Å². The standard InChI is InChI=1S/C15H17N3O/c1-18-13-3-2-11(6-12(13)7-14(18)19)8-17-10-15(9-16)4-5-15/h2-3,6,17H,4-5,7-8,10H2,1H3. The van der Waals surface area contributed by atoms with Gasteiger partial charge < -0.3 is 10.2 Å². The van der Waals surface area contributed by atoms with Crippen LogP contribution in [0.4, 0.5) is 5.69 Å². The maximum Gasteiger partial charge on any atom is 0.231 e. The molecule has 0 atom stereocenters. The molecule has 1 aromatic carbocycles. The van der Waals surface area contributed by atoms with Gasteiger partial charge in [-0.3, -0.25) is 4.79 Å². The lowest BCUT2D eigenvalue weighted by molar-refractivity contribution is -0.117. The van der Waals surface area contributed by atoms with Crippen LogP contribution in [0.5, 0.6) is 0 Å². The monoisotopic (exact) mass is 255 g/mol. The zero-order valence-corrected chi connectivity index (χ0v) is 11.1. The fourth-order valence-corrected chi connectivity index (χ4v) is 2.56. The predicted octanol–water partition coefficient (Wildman–Crippen LogP) is 1.60. The predicted molar refractivity (Wildman–Crippen MR) is 72.5 cm³/mol. The Bertz CT molecular complexity index is 569. The number of hydrogen-bond acceptors (Lipinski definition) is 3. The summed E-state index contributed by atoms with van der Waals surface area (Å²) in [6.07, 6.45) is 2.53. The number of benzene rings is 1. The van der Waals surface area contributed by atoms with Crippen molar-refractivity contribution in [3.8, 4) is 6.07 Å². The molecule has 0 unspecified atom stereocenters. The van der Waals surface area contributed by atoms with Gasteiger partial charge in [-0.1, -0.05) is 12.1 Å². The van der Waals surface area contributed by atoms with Gasteiger partial charge in [0.1, 0.15) is 0 Å². The first-order chi connectivity index (χ1) is 9.13. The molecule has 3 rings (SSSR count). The van der Waals surface area contributed by atoms with E-state index in [0.29, 0.717) is 6.42 Å². The van der Waals surface area contributed by atoms with Crippen molar-refractivity contribution >= 4 is 11.6 Å². The van der Waals surface area contributed by atoms with Crippen LogP contribution in [0.3, 0.4) is 0 Å². The second kappa shape index (κ2) is 4.36. The molecule has 2 aliphatic rings. The Morgan fingerprint density at radius 1 is 1.47 bits per heavy atom. The Hall–Kier alpha value is -1.86. The molecule has 1 amide bonds. The lowest BCUT2D eigenvalue weighted by Gasteiger charge is -2.11. The van der Waals surface area contributed by atoms with E-state index in [9.17, 15) is 4.79 Å². The topological polar surface area (TPSA) is 56.1 Å². The number of nitriles is 1. The van der Waals surface area contributed by atoms with Crippen LogP contribution in [0, 0.1) is 16.7 Å². The summed E-state index contributed by atoms with van der Waals surface area (Å²) in [6, 6.07) is 8.53. The number of fused-ring (bicyclic) bond motifs is 1. The smallest absolute Gasteiger partial charge is 0.231 e. The lowest BCUT2D eigenvalue weighted by Crippen LogP contribution is -2.22. The Kier molecular flexibility index (Phi) is 2.79. The molecule has 1 aliphatic carbocycles. The van der Waals surface area contributed by atoms with Crippen LogP contribution in [-0.4, -0.2) is 19.5 Å². The van der Waals surface area contributed by atoms with Gasteiger partial charge in [-0.15, -0.1) is 0 Å². The largest absolute Gasteiger partial charge is 0.315 e. The molecule has 1 aliphatic heterocycles. The van der Waals surface area contributed by atoms with Gasteiger partial charge in [-0.25, -0.2) is 0 Å². The van der Waals surface area contributed by atoms with Gasteiger partial charge in [0.05, 0.1) is 17.9 Å². The first-order valence-electron chi connectivity index (χ1n) is 6.64. The zero-order chi connectivity index (χ0) is 13.5. The van der Waals surface area contributed by atoms with E-state index in [1.54, 1.807) is 4.90 Å². The number of nitrogens with zero attached hydrogens (tertiary/aromatic N) is 2. The average molecular weight is 255 g/mol. The molecule has 1 saturated carbocycles. The summed E-state index contributed by atoms with van der Waals surface area (Å²) in [5, 5.41) is 12.4. The minimum Gasteiger partial charge on any atom is -0.315 e. The quantitative estimate of drug-likeness (QED) is 0.889. The minimum absolute atomic E-state index is 0.104. The summed E-state index contributed by atoms with van der Waals surface area (Å²) in [5.41, 5.74) is 3.20. The van der Waals surface area contributed by atoms with Crippen LogP contribution >= 0.6 is 0 Å². The van der Waals surface area contributed by atoms with Gasteiger partial charge in [0, 0.05) is 25.8 Å². The highest BCUT2D eigenvalue weighted by atomic mass is 16.2. The molecule has 0 radical (unpaired) electrons. The van der Waals surface area contributed by atoms with Gasteiger partial charge in [-0.2, -0.15) is 5.26 Å². The number of nitrogens with one attached hydrogen (secondary N) is 1. The van der Waals surface area contributed by atoms with Crippen molar-refractivity contribution < 1.29 is 4.79 Å². The number of rotatable bonds is 4. The minimum atomic E-state index is -0.104. The third-order valence-corrected chi connectivity index (χ3v) is 4.10. The van der Waals surface area contributed by atoms with E-state index in [1.165, 1.54) is 5.56 Å². The maximum absolute atomic E-state index is 11.6. The number of carbonyl (C=O) groups is 1. The summed E-state index contributed by atoms with van der Waals surface area (Å²) in [4.78, 5) is 13.3. The van der Waals surface area contributed by atoms with Crippen LogP contribution in [0.15, 0.2) is 18.2 Å². The fourth-order valence-electron chi connectivity index (χ4n) is 2.56. The highest BCUT2D eigenvalue weighted by molar-refractivity contribution is 6.00. The van der Waals surface area contributed by atoms with Crippen LogP contribution in [-0.2, 0) is 17.8 Å². The summed E-state index contributed by atoms with van der Waals surface area (Å²) >= 11 is 0. The molecule has 1 heterocycles. The normalized spacial score (nSPS) is 19.2. The summed E-state index contributed by atoms with van der Waals surface area (Å²) in [7, 11) is 1.82. The van der Waals surface area contributed by atoms with E-state index in [1.807, 2.05) is 19.2 Å². The van der Waals surface area contributed by atoms with Crippen molar-refractivity contribution in [2.75, 3.05) is 18.5 Å². The molecule has 1 aromatic rings. The van der Waals surface area contributed by atoms with E-state index in [0.717, 1.165) is 37.2 Å². The van der Waals surface area contributed by atoms with Crippen molar-refractivity contribution in [2.45, 2.75) is 25.8 Å². The molecular weight excluding hydrogens is 238 g/mol. The first-order valence-corrected chi connectivity index (χ1v) is 6.64. The lowest BCUT2D eigenvalue weighted by atomic mass is 10.1. The molecule has 0 aromatic heterocycles. The highest BCUT2D eigenvalue weighted by Gasteiger charge is 2.42. The van der Waals surface area contributed by atoms with Crippen LogP contribution < -0.4 is 10.2 Å². The second-order valence-corrected chi connectivity index (χ2v) is 5.59. The molecule has 19 heavy (non-hydrogen) atoms. The molecule has 0 saturated heterocycles. The SMILES string of the molecule is CN1C(=O)Cc2cc(CNCC3(C#N)CC3)ccc21. The number of hydrogen-bond donors (Lipinski definition) is 1. The summed E-state index contributed by atoms with van der Waals surface area (Å²) in [5.74, 6) is 0.154. The molecule has 4 nitrogen and oxygen atoms in total. The zero-order valence-electron chi connectivity index (χ0n) is 11.1. The Labute approximate surface area is 113 Å². The number of likely N-dealkylation sites (N-methyl/N-ethyl adjacent to an activating group) is 1. The molecule has 1 fully saturated rings. The summed E-state index contributed by atoms with van der Waals surface area (Å²) in [6.45, 7) is 1.52. The first kappa shape index (κ1) is 12.2. The third-order valence-electron chi connectivity index (χ3n) is 4.10. The number of anilines is 1. The maximum atomic E-state index is 11.6. The second-order valence-electron chi connectivity index (χ2n) is 5.59. The van der Waals surface area contributed by atoms with Gasteiger partial charge in [-0.05, 0) is 30.0 Å². The Balaban J connectivity index is 1.63. The van der Waals surface area contributed by atoms with Crippen molar-refractivity contribution in [2.24, 2.45) is 5.41 Å². The number of carbonyl (C=O) groups excluding carboxylic acids is 1.